The smallest absolute Gasteiger partial charge is 0.274 e. The molecule has 1 atom stereocenters. The normalized spacial score (nSPS) is 16.7. The van der Waals surface area contributed by atoms with E-state index in [9.17, 15) is 4.79 Å². The summed E-state index contributed by atoms with van der Waals surface area (Å²) >= 11 is 0. The van der Waals surface area contributed by atoms with Crippen LogP contribution >= 0.6 is 0 Å². The number of carbonyl (C=O) groups is 1. The SMILES string of the molecule is Cc1cc(C(=O)Nc2cccc(C)c2C)nc(NCC2CCCO2)n1. The second-order valence-corrected chi connectivity index (χ2v) is 6.44. The highest BCUT2D eigenvalue weighted by Gasteiger charge is 2.17. The zero-order chi connectivity index (χ0) is 17.8. The Balaban J connectivity index is 1.72. The standard InChI is InChI=1S/C19H24N4O2/c1-12-6-4-8-16(14(12)3)22-18(24)17-10-13(2)21-19(23-17)20-11-15-7-5-9-25-15/h4,6,8,10,15H,5,7,9,11H2,1-3H3,(H,22,24)(H,20,21,23). The third kappa shape index (κ3) is 4.33. The Morgan fingerprint density at radius 3 is 2.88 bits per heavy atom. The van der Waals surface area contributed by atoms with Crippen molar-refractivity contribution in [1.82, 2.24) is 9.97 Å². The summed E-state index contributed by atoms with van der Waals surface area (Å²) in [5.41, 5.74) is 4.09. The highest BCUT2D eigenvalue weighted by molar-refractivity contribution is 6.03. The van der Waals surface area contributed by atoms with Crippen LogP contribution in [-0.4, -0.2) is 35.1 Å². The van der Waals surface area contributed by atoms with E-state index in [2.05, 4.69) is 20.6 Å². The van der Waals surface area contributed by atoms with E-state index in [-0.39, 0.29) is 12.0 Å². The molecule has 0 radical (unpaired) electrons. The van der Waals surface area contributed by atoms with Crippen molar-refractivity contribution in [2.24, 2.45) is 0 Å². The lowest BCUT2D eigenvalue weighted by atomic mass is 10.1. The molecule has 2 N–H and O–H groups in total. The van der Waals surface area contributed by atoms with Crippen molar-refractivity contribution in [2.45, 2.75) is 39.7 Å². The van der Waals surface area contributed by atoms with Crippen LogP contribution in [0, 0.1) is 20.8 Å². The molecule has 1 aliphatic rings. The van der Waals surface area contributed by atoms with Gasteiger partial charge in [-0.2, -0.15) is 0 Å². The van der Waals surface area contributed by atoms with Crippen LogP contribution in [0.5, 0.6) is 0 Å². The van der Waals surface area contributed by atoms with Crippen LogP contribution in [-0.2, 0) is 4.74 Å². The molecule has 25 heavy (non-hydrogen) atoms. The number of hydrogen-bond acceptors (Lipinski definition) is 5. The van der Waals surface area contributed by atoms with Crippen molar-refractivity contribution in [2.75, 3.05) is 23.8 Å². The molecule has 0 bridgehead atoms. The summed E-state index contributed by atoms with van der Waals surface area (Å²) in [6.07, 6.45) is 2.32. The van der Waals surface area contributed by atoms with Gasteiger partial charge in [0.05, 0.1) is 6.10 Å². The molecular weight excluding hydrogens is 316 g/mol. The molecule has 3 rings (SSSR count). The van der Waals surface area contributed by atoms with Crippen LogP contribution in [0.25, 0.3) is 0 Å². The van der Waals surface area contributed by atoms with Gasteiger partial charge in [-0.05, 0) is 56.9 Å². The maximum atomic E-state index is 12.6. The Kier molecular flexibility index (Phi) is 5.28. The van der Waals surface area contributed by atoms with E-state index in [4.69, 9.17) is 4.74 Å². The second-order valence-electron chi connectivity index (χ2n) is 6.44. The lowest BCUT2D eigenvalue weighted by Gasteiger charge is -2.13. The number of ether oxygens (including phenoxy) is 1. The predicted octanol–water partition coefficient (Wildman–Crippen LogP) is 3.25. The number of carbonyl (C=O) groups excluding carboxylic acids is 1. The summed E-state index contributed by atoms with van der Waals surface area (Å²) in [4.78, 5) is 21.3. The molecule has 0 spiro atoms. The minimum absolute atomic E-state index is 0.191. The van der Waals surface area contributed by atoms with Crippen molar-refractivity contribution in [1.29, 1.82) is 0 Å². The average molecular weight is 340 g/mol. The largest absolute Gasteiger partial charge is 0.376 e. The average Bonchev–Trinajstić information content (AvgIpc) is 3.10. The number of nitrogens with one attached hydrogen (secondary N) is 2. The van der Waals surface area contributed by atoms with E-state index in [1.807, 2.05) is 39.0 Å². The van der Waals surface area contributed by atoms with Gasteiger partial charge in [-0.25, -0.2) is 9.97 Å². The summed E-state index contributed by atoms with van der Waals surface area (Å²) in [6, 6.07) is 7.54. The van der Waals surface area contributed by atoms with Gasteiger partial charge in [0.1, 0.15) is 5.69 Å². The fraction of sp³-hybridized carbons (Fsp3) is 0.421. The quantitative estimate of drug-likeness (QED) is 0.874. The van der Waals surface area contributed by atoms with E-state index in [0.717, 1.165) is 42.0 Å². The van der Waals surface area contributed by atoms with Gasteiger partial charge < -0.3 is 15.4 Å². The Hall–Kier alpha value is -2.47. The zero-order valence-corrected chi connectivity index (χ0v) is 14.9. The third-order valence-corrected chi connectivity index (χ3v) is 4.45. The third-order valence-electron chi connectivity index (χ3n) is 4.45. The van der Waals surface area contributed by atoms with Crippen molar-refractivity contribution in [3.8, 4) is 0 Å². The number of hydrogen-bond donors (Lipinski definition) is 2. The molecule has 1 aliphatic heterocycles. The molecule has 6 heteroatoms. The number of anilines is 2. The minimum atomic E-state index is -0.237. The summed E-state index contributed by atoms with van der Waals surface area (Å²) in [6.45, 7) is 7.33. The molecule has 1 amide bonds. The van der Waals surface area contributed by atoms with Crippen LogP contribution in [0.2, 0.25) is 0 Å². The van der Waals surface area contributed by atoms with Gasteiger partial charge in [-0.1, -0.05) is 12.1 Å². The fourth-order valence-electron chi connectivity index (χ4n) is 2.85. The first-order valence-corrected chi connectivity index (χ1v) is 8.61. The van der Waals surface area contributed by atoms with Crippen LogP contribution in [0.1, 0.15) is 40.2 Å². The first-order valence-electron chi connectivity index (χ1n) is 8.61. The fourth-order valence-corrected chi connectivity index (χ4v) is 2.85. The van der Waals surface area contributed by atoms with E-state index < -0.39 is 0 Å². The van der Waals surface area contributed by atoms with Gasteiger partial charge in [0.2, 0.25) is 5.95 Å². The van der Waals surface area contributed by atoms with Gasteiger partial charge >= 0.3 is 0 Å². The summed E-state index contributed by atoms with van der Waals surface area (Å²) in [5.74, 6) is 0.223. The molecule has 0 saturated carbocycles. The number of rotatable bonds is 5. The van der Waals surface area contributed by atoms with Gasteiger partial charge in [-0.15, -0.1) is 0 Å². The minimum Gasteiger partial charge on any atom is -0.376 e. The molecule has 2 aromatic rings. The monoisotopic (exact) mass is 340 g/mol. The zero-order valence-electron chi connectivity index (χ0n) is 14.9. The summed E-state index contributed by atoms with van der Waals surface area (Å²) < 4.78 is 5.59. The van der Waals surface area contributed by atoms with Crippen LogP contribution in [0.3, 0.4) is 0 Å². The molecule has 1 aromatic carbocycles. The maximum Gasteiger partial charge on any atom is 0.274 e. The van der Waals surface area contributed by atoms with Gasteiger partial charge in [-0.3, -0.25) is 4.79 Å². The van der Waals surface area contributed by atoms with Gasteiger partial charge in [0.25, 0.3) is 5.91 Å². The van der Waals surface area contributed by atoms with Gasteiger partial charge in [0, 0.05) is 24.5 Å². The molecule has 1 fully saturated rings. The number of aromatic nitrogens is 2. The van der Waals surface area contributed by atoms with Crippen molar-refractivity contribution in [3.05, 3.63) is 46.8 Å². The Morgan fingerprint density at radius 1 is 1.28 bits per heavy atom. The Labute approximate surface area is 148 Å². The first kappa shape index (κ1) is 17.4. The maximum absolute atomic E-state index is 12.6. The highest BCUT2D eigenvalue weighted by atomic mass is 16.5. The van der Waals surface area contributed by atoms with Crippen LogP contribution in [0.15, 0.2) is 24.3 Å². The number of amides is 1. The Bertz CT molecular complexity index is 770. The van der Waals surface area contributed by atoms with Crippen molar-refractivity contribution in [3.63, 3.8) is 0 Å². The number of benzene rings is 1. The number of nitrogens with zero attached hydrogens (tertiary/aromatic N) is 2. The summed E-state index contributed by atoms with van der Waals surface area (Å²) in [5, 5.41) is 6.12. The van der Waals surface area contributed by atoms with E-state index in [1.165, 1.54) is 0 Å². The lowest BCUT2D eigenvalue weighted by Crippen LogP contribution is -2.21. The molecule has 6 nitrogen and oxygen atoms in total. The highest BCUT2D eigenvalue weighted by Crippen LogP contribution is 2.19. The molecular formula is C19H24N4O2. The first-order chi connectivity index (χ1) is 12.0. The van der Waals surface area contributed by atoms with E-state index in [1.54, 1.807) is 6.07 Å². The van der Waals surface area contributed by atoms with Crippen LogP contribution in [0.4, 0.5) is 11.6 Å². The Morgan fingerprint density at radius 2 is 2.12 bits per heavy atom. The predicted molar refractivity (Wildman–Crippen MR) is 98.1 cm³/mol. The molecule has 132 valence electrons. The molecule has 1 unspecified atom stereocenters. The topological polar surface area (TPSA) is 76.1 Å². The molecule has 1 saturated heterocycles. The van der Waals surface area contributed by atoms with E-state index in [0.29, 0.717) is 18.2 Å². The van der Waals surface area contributed by atoms with Gasteiger partial charge in [0.15, 0.2) is 0 Å². The molecule has 2 heterocycles. The summed E-state index contributed by atoms with van der Waals surface area (Å²) in [7, 11) is 0. The molecule has 1 aromatic heterocycles. The van der Waals surface area contributed by atoms with Crippen LogP contribution < -0.4 is 10.6 Å². The lowest BCUT2D eigenvalue weighted by molar-refractivity contribution is 0.102. The number of aryl methyl sites for hydroxylation is 2. The second kappa shape index (κ2) is 7.61. The van der Waals surface area contributed by atoms with Crippen molar-refractivity contribution < 1.29 is 9.53 Å². The van der Waals surface area contributed by atoms with Crippen molar-refractivity contribution >= 4 is 17.5 Å². The molecule has 0 aliphatic carbocycles. The van der Waals surface area contributed by atoms with E-state index >= 15 is 0 Å².